The maximum Gasteiger partial charge on any atom is 0.255 e. The quantitative estimate of drug-likeness (QED) is 0.472. The van der Waals surface area contributed by atoms with Crippen LogP contribution in [-0.2, 0) is 11.3 Å². The molecule has 0 unspecified atom stereocenters. The predicted octanol–water partition coefficient (Wildman–Crippen LogP) is 4.06. The van der Waals surface area contributed by atoms with Gasteiger partial charge in [0.15, 0.2) is 5.65 Å². The van der Waals surface area contributed by atoms with E-state index in [0.717, 1.165) is 41.5 Å². The smallest absolute Gasteiger partial charge is 0.255 e. The van der Waals surface area contributed by atoms with Gasteiger partial charge in [0.25, 0.3) is 5.91 Å². The minimum atomic E-state index is -0.129. The number of pyridine rings is 1. The molecule has 0 spiro atoms. The Bertz CT molecular complexity index is 1270. The average molecular weight is 436 g/mol. The topological polar surface area (TPSA) is 72.6 Å². The van der Waals surface area contributed by atoms with Gasteiger partial charge in [-0.25, -0.2) is 0 Å². The molecule has 0 radical (unpaired) electrons. The second-order valence-corrected chi connectivity index (χ2v) is 8.35. The summed E-state index contributed by atoms with van der Waals surface area (Å²) in [5.41, 5.74) is 4.06. The van der Waals surface area contributed by atoms with Crippen LogP contribution in [-0.4, -0.2) is 50.1 Å². The maximum absolute atomic E-state index is 13.5. The van der Waals surface area contributed by atoms with Gasteiger partial charge in [0, 0.05) is 30.6 Å². The van der Waals surface area contributed by atoms with Crippen molar-refractivity contribution in [1.82, 2.24) is 24.9 Å². The van der Waals surface area contributed by atoms with Crippen LogP contribution >= 0.6 is 11.6 Å². The highest BCUT2D eigenvalue weighted by Gasteiger charge is 2.26. The van der Waals surface area contributed by atoms with Crippen LogP contribution in [0.15, 0.2) is 48.5 Å². The van der Waals surface area contributed by atoms with Crippen molar-refractivity contribution in [3.05, 3.63) is 70.2 Å². The molecule has 1 aliphatic heterocycles. The second-order valence-electron chi connectivity index (χ2n) is 7.95. The monoisotopic (exact) mass is 435 g/mol. The number of amides is 1. The van der Waals surface area contributed by atoms with Crippen LogP contribution in [0.3, 0.4) is 0 Å². The number of benzene rings is 2. The fraction of sp³-hybridized carbons (Fsp3) is 0.304. The Hall–Kier alpha value is -3.03. The van der Waals surface area contributed by atoms with Gasteiger partial charge in [0.05, 0.1) is 22.2 Å². The molecule has 0 aliphatic carbocycles. The normalized spacial score (nSPS) is 16.3. The number of hydrogen-bond acceptors (Lipinski definition) is 5. The van der Waals surface area contributed by atoms with Crippen molar-refractivity contribution in [2.75, 3.05) is 13.2 Å². The Labute approximate surface area is 184 Å². The van der Waals surface area contributed by atoms with Crippen molar-refractivity contribution in [3.63, 3.8) is 0 Å². The summed E-state index contributed by atoms with van der Waals surface area (Å²) in [5.74, 6) is -0.129. The van der Waals surface area contributed by atoms with Gasteiger partial charge in [0.2, 0.25) is 0 Å². The number of tetrazole rings is 1. The number of fused-ring (bicyclic) bond motifs is 3. The Morgan fingerprint density at radius 3 is 2.94 bits per heavy atom. The molecule has 0 bridgehead atoms. The molecule has 1 atom stereocenters. The number of halogens is 1. The average Bonchev–Trinajstić information content (AvgIpc) is 3.46. The molecule has 1 fully saturated rings. The standard InChI is InChI=1S/C23H22ClN5O2/c1-15-8-9-16-12-17(22-25-26-27-29(22)21(16)11-15)13-28(14-18-5-4-10-31-18)23(30)19-6-2-3-7-20(19)24/h2-3,6-9,11-12,18H,4-5,10,13-14H2,1H3/t18-/m1/s1. The minimum absolute atomic E-state index is 0.0153. The summed E-state index contributed by atoms with van der Waals surface area (Å²) in [5, 5.41) is 13.8. The van der Waals surface area contributed by atoms with Gasteiger partial charge in [-0.1, -0.05) is 35.9 Å². The summed E-state index contributed by atoms with van der Waals surface area (Å²) < 4.78 is 7.56. The molecule has 31 heavy (non-hydrogen) atoms. The number of ether oxygens (including phenoxy) is 1. The fourth-order valence-corrected chi connectivity index (χ4v) is 4.36. The molecule has 1 saturated heterocycles. The number of aryl methyl sites for hydroxylation is 1. The number of hydrogen-bond donors (Lipinski definition) is 0. The van der Waals surface area contributed by atoms with Crippen molar-refractivity contribution in [3.8, 4) is 0 Å². The molecular formula is C23H22ClN5O2. The van der Waals surface area contributed by atoms with Crippen LogP contribution in [0.5, 0.6) is 0 Å². The van der Waals surface area contributed by atoms with E-state index in [2.05, 4.69) is 39.8 Å². The maximum atomic E-state index is 13.5. The molecule has 0 saturated carbocycles. The van der Waals surface area contributed by atoms with Crippen LogP contribution in [0.2, 0.25) is 5.02 Å². The molecule has 3 heterocycles. The third kappa shape index (κ3) is 3.86. The van der Waals surface area contributed by atoms with Crippen molar-refractivity contribution in [2.24, 2.45) is 0 Å². The summed E-state index contributed by atoms with van der Waals surface area (Å²) in [7, 11) is 0. The van der Waals surface area contributed by atoms with Gasteiger partial charge in [-0.3, -0.25) is 4.79 Å². The summed E-state index contributed by atoms with van der Waals surface area (Å²) in [6.07, 6.45) is 1.96. The van der Waals surface area contributed by atoms with Gasteiger partial charge < -0.3 is 9.64 Å². The fourth-order valence-electron chi connectivity index (χ4n) is 4.14. The first-order chi connectivity index (χ1) is 15.1. The highest BCUT2D eigenvalue weighted by atomic mass is 35.5. The summed E-state index contributed by atoms with van der Waals surface area (Å²) in [4.78, 5) is 15.3. The van der Waals surface area contributed by atoms with E-state index in [9.17, 15) is 4.79 Å². The number of nitrogens with zero attached hydrogens (tertiary/aromatic N) is 5. The van der Waals surface area contributed by atoms with Gasteiger partial charge in [0.1, 0.15) is 0 Å². The highest BCUT2D eigenvalue weighted by molar-refractivity contribution is 6.33. The Kier molecular flexibility index (Phi) is 5.29. The lowest BCUT2D eigenvalue weighted by Gasteiger charge is -2.26. The van der Waals surface area contributed by atoms with E-state index in [1.54, 1.807) is 21.5 Å². The van der Waals surface area contributed by atoms with Crippen molar-refractivity contribution >= 4 is 34.1 Å². The zero-order valence-corrected chi connectivity index (χ0v) is 17.9. The van der Waals surface area contributed by atoms with Crippen LogP contribution in [0.25, 0.3) is 16.6 Å². The molecule has 5 rings (SSSR count). The Morgan fingerprint density at radius 2 is 2.13 bits per heavy atom. The first-order valence-corrected chi connectivity index (χ1v) is 10.7. The van der Waals surface area contributed by atoms with Gasteiger partial charge in [-0.2, -0.15) is 4.52 Å². The second kappa shape index (κ2) is 8.24. The lowest BCUT2D eigenvalue weighted by molar-refractivity contribution is 0.0508. The van der Waals surface area contributed by atoms with Gasteiger partial charge in [-0.15, -0.1) is 5.10 Å². The molecule has 158 valence electrons. The largest absolute Gasteiger partial charge is 0.376 e. The van der Waals surface area contributed by atoms with E-state index in [4.69, 9.17) is 16.3 Å². The van der Waals surface area contributed by atoms with E-state index in [1.165, 1.54) is 0 Å². The third-order valence-electron chi connectivity index (χ3n) is 5.70. The Balaban J connectivity index is 1.56. The van der Waals surface area contributed by atoms with E-state index in [1.807, 2.05) is 19.1 Å². The molecule has 2 aromatic heterocycles. The van der Waals surface area contributed by atoms with Gasteiger partial charge in [-0.05, 0) is 60.0 Å². The number of aromatic nitrogens is 4. The third-order valence-corrected chi connectivity index (χ3v) is 6.03. The summed E-state index contributed by atoms with van der Waals surface area (Å²) in [6, 6.07) is 15.4. The summed E-state index contributed by atoms with van der Waals surface area (Å²) >= 11 is 6.34. The van der Waals surface area contributed by atoms with Crippen LogP contribution in [0, 0.1) is 6.92 Å². The highest BCUT2D eigenvalue weighted by Crippen LogP contribution is 2.25. The van der Waals surface area contributed by atoms with E-state index < -0.39 is 0 Å². The molecule has 8 heteroatoms. The molecule has 1 amide bonds. The lowest BCUT2D eigenvalue weighted by atomic mass is 10.1. The van der Waals surface area contributed by atoms with Crippen molar-refractivity contribution in [2.45, 2.75) is 32.4 Å². The predicted molar refractivity (Wildman–Crippen MR) is 118 cm³/mol. The lowest BCUT2D eigenvalue weighted by Crippen LogP contribution is -2.37. The SMILES string of the molecule is Cc1ccc2cc(CN(C[C@H]3CCCO3)C(=O)c3ccccc3Cl)c3nnnn3c2c1. The minimum Gasteiger partial charge on any atom is -0.376 e. The van der Waals surface area contributed by atoms with Crippen LogP contribution in [0.1, 0.15) is 34.3 Å². The van der Waals surface area contributed by atoms with Crippen molar-refractivity contribution in [1.29, 1.82) is 0 Å². The van der Waals surface area contributed by atoms with Crippen LogP contribution in [0.4, 0.5) is 0 Å². The molecule has 7 nitrogen and oxygen atoms in total. The van der Waals surface area contributed by atoms with Crippen LogP contribution < -0.4 is 0 Å². The molecule has 1 aliphatic rings. The first-order valence-electron chi connectivity index (χ1n) is 10.4. The molecule has 0 N–H and O–H groups in total. The zero-order chi connectivity index (χ0) is 21.4. The zero-order valence-electron chi connectivity index (χ0n) is 17.2. The first kappa shape index (κ1) is 19.9. The Morgan fingerprint density at radius 1 is 1.26 bits per heavy atom. The number of carbonyl (C=O) groups excluding carboxylic acids is 1. The molecule has 4 aromatic rings. The number of rotatable bonds is 5. The number of carbonyl (C=O) groups is 1. The van der Waals surface area contributed by atoms with E-state index >= 15 is 0 Å². The van der Waals surface area contributed by atoms with E-state index in [0.29, 0.717) is 29.3 Å². The van der Waals surface area contributed by atoms with Crippen molar-refractivity contribution < 1.29 is 9.53 Å². The van der Waals surface area contributed by atoms with Gasteiger partial charge >= 0.3 is 0 Å². The van der Waals surface area contributed by atoms with E-state index in [-0.39, 0.29) is 12.0 Å². The molecule has 2 aromatic carbocycles. The summed E-state index contributed by atoms with van der Waals surface area (Å²) in [6.45, 7) is 3.61. The molecular weight excluding hydrogens is 414 g/mol.